The van der Waals surface area contributed by atoms with E-state index >= 15 is 0 Å². The Hall–Kier alpha value is -4.35. The fourth-order valence-electron chi connectivity index (χ4n) is 5.01. The Morgan fingerprint density at radius 2 is 1.47 bits per heavy atom. The molecule has 248 valence electrons. The van der Waals surface area contributed by atoms with Crippen molar-refractivity contribution in [2.24, 2.45) is 0 Å². The number of hydrogen-bond donors (Lipinski definition) is 1. The van der Waals surface area contributed by atoms with Gasteiger partial charge < -0.3 is 19.7 Å². The number of halogens is 1. The number of sulfonamides is 1. The molecule has 0 aliphatic carbocycles. The van der Waals surface area contributed by atoms with Crippen LogP contribution in [-0.4, -0.2) is 58.0 Å². The summed E-state index contributed by atoms with van der Waals surface area (Å²) < 4.78 is 41.3. The molecule has 0 radical (unpaired) electrons. The highest BCUT2D eigenvalue weighted by Crippen LogP contribution is 2.33. The highest BCUT2D eigenvalue weighted by atomic mass is 79.9. The van der Waals surface area contributed by atoms with Gasteiger partial charge in [-0.05, 0) is 73.0 Å². The lowest BCUT2D eigenvalue weighted by Gasteiger charge is -2.34. The quantitative estimate of drug-likeness (QED) is 0.156. The van der Waals surface area contributed by atoms with Crippen LogP contribution in [0.1, 0.15) is 31.4 Å². The number of nitrogens with zero attached hydrogens (tertiary/aromatic N) is 2. The van der Waals surface area contributed by atoms with Crippen molar-refractivity contribution in [3.63, 3.8) is 0 Å². The molecule has 9 nitrogen and oxygen atoms in total. The summed E-state index contributed by atoms with van der Waals surface area (Å²) in [5.41, 5.74) is 1.82. The number of amides is 2. The number of anilines is 1. The number of hydrogen-bond acceptors (Lipinski definition) is 6. The Balaban J connectivity index is 1.83. The lowest BCUT2D eigenvalue weighted by Crippen LogP contribution is -2.54. The number of nitrogens with one attached hydrogen (secondary N) is 1. The van der Waals surface area contributed by atoms with Gasteiger partial charge in [-0.2, -0.15) is 0 Å². The second-order valence-electron chi connectivity index (χ2n) is 11.0. The third kappa shape index (κ3) is 9.14. The van der Waals surface area contributed by atoms with Crippen LogP contribution in [-0.2, 0) is 32.6 Å². The summed E-state index contributed by atoms with van der Waals surface area (Å²) in [5.74, 6) is -0.125. The second kappa shape index (κ2) is 16.5. The van der Waals surface area contributed by atoms with Gasteiger partial charge in [0.25, 0.3) is 10.0 Å². The molecule has 0 bridgehead atoms. The molecule has 2 amide bonds. The maximum Gasteiger partial charge on any atom is 0.264 e. The summed E-state index contributed by atoms with van der Waals surface area (Å²) in [6.07, 6.45) is 0.928. The molecule has 0 saturated heterocycles. The third-order valence-electron chi connectivity index (χ3n) is 7.82. The number of benzene rings is 4. The largest absolute Gasteiger partial charge is 0.497 e. The maximum absolute atomic E-state index is 14.6. The van der Waals surface area contributed by atoms with Crippen molar-refractivity contribution < 1.29 is 27.5 Å². The molecule has 4 rings (SSSR count). The van der Waals surface area contributed by atoms with Crippen molar-refractivity contribution in [3.8, 4) is 11.5 Å². The Kier molecular flexibility index (Phi) is 12.4. The Morgan fingerprint density at radius 3 is 2.09 bits per heavy atom. The van der Waals surface area contributed by atoms with Gasteiger partial charge in [-0.15, -0.1) is 0 Å². The predicted octanol–water partition coefficient (Wildman–Crippen LogP) is 6.22. The van der Waals surface area contributed by atoms with Crippen molar-refractivity contribution in [1.29, 1.82) is 0 Å². The summed E-state index contributed by atoms with van der Waals surface area (Å²) in [4.78, 5) is 30.0. The minimum Gasteiger partial charge on any atom is -0.497 e. The van der Waals surface area contributed by atoms with Gasteiger partial charge in [0, 0.05) is 23.5 Å². The highest BCUT2D eigenvalue weighted by Gasteiger charge is 2.35. The summed E-state index contributed by atoms with van der Waals surface area (Å²) in [6.45, 7) is 3.35. The summed E-state index contributed by atoms with van der Waals surface area (Å²) in [7, 11) is -1.37. The van der Waals surface area contributed by atoms with Gasteiger partial charge in [0.05, 0.1) is 24.8 Å². The minimum atomic E-state index is -4.30. The molecule has 4 aromatic rings. The molecule has 0 fully saturated rings. The first kappa shape index (κ1) is 35.5. The van der Waals surface area contributed by atoms with Crippen molar-refractivity contribution in [2.45, 2.75) is 50.2 Å². The third-order valence-corrected chi connectivity index (χ3v) is 10.1. The van der Waals surface area contributed by atoms with E-state index in [0.29, 0.717) is 12.2 Å². The number of carbonyl (C=O) groups excluding carboxylic acids is 2. The molecule has 1 N–H and O–H groups in total. The van der Waals surface area contributed by atoms with Gasteiger partial charge in [-0.1, -0.05) is 77.5 Å². The summed E-state index contributed by atoms with van der Waals surface area (Å²) in [6, 6.07) is 28.4. The van der Waals surface area contributed by atoms with Crippen LogP contribution in [0.3, 0.4) is 0 Å². The second-order valence-corrected chi connectivity index (χ2v) is 13.8. The first-order valence-corrected chi connectivity index (χ1v) is 17.5. The van der Waals surface area contributed by atoms with Gasteiger partial charge >= 0.3 is 0 Å². The molecule has 11 heteroatoms. The van der Waals surface area contributed by atoms with E-state index in [2.05, 4.69) is 21.2 Å². The minimum absolute atomic E-state index is 0.0354. The molecule has 2 atom stereocenters. The van der Waals surface area contributed by atoms with E-state index in [9.17, 15) is 18.0 Å². The maximum atomic E-state index is 14.6. The molecule has 0 aromatic heterocycles. The Bertz CT molecular complexity index is 1740. The van der Waals surface area contributed by atoms with E-state index in [1.807, 2.05) is 68.4 Å². The monoisotopic (exact) mass is 721 g/mol. The van der Waals surface area contributed by atoms with E-state index in [1.54, 1.807) is 36.4 Å². The van der Waals surface area contributed by atoms with Crippen LogP contribution in [0.15, 0.2) is 112 Å². The van der Waals surface area contributed by atoms with Crippen molar-refractivity contribution >= 4 is 43.5 Å². The van der Waals surface area contributed by atoms with Gasteiger partial charge in [0.2, 0.25) is 11.8 Å². The standard InChI is InChI=1S/C36H40BrN3O6S/c1-5-26(2)38-36(42)33(23-27-11-7-6-8-12-27)39(24-28-15-17-29(37)18-16-28)35(41)25-40(32-13-9-10-14-34(32)46-4)47(43,44)31-21-19-30(45-3)20-22-31/h6-22,26,33H,5,23-25H2,1-4H3,(H,38,42)/t26-,33+/m1/s1. The molecule has 0 unspecified atom stereocenters. The van der Waals surface area contributed by atoms with Gasteiger partial charge in [-0.25, -0.2) is 8.42 Å². The van der Waals surface area contributed by atoms with Crippen LogP contribution in [0, 0.1) is 0 Å². The lowest BCUT2D eigenvalue weighted by atomic mass is 10.0. The predicted molar refractivity (Wildman–Crippen MR) is 187 cm³/mol. The van der Waals surface area contributed by atoms with Crippen molar-refractivity contribution in [2.75, 3.05) is 25.1 Å². The fourth-order valence-corrected chi connectivity index (χ4v) is 6.69. The molecular formula is C36H40BrN3O6S. The van der Waals surface area contributed by atoms with Crippen LogP contribution < -0.4 is 19.1 Å². The summed E-state index contributed by atoms with van der Waals surface area (Å²) in [5, 5.41) is 3.05. The Labute approximate surface area is 285 Å². The SMILES string of the molecule is CC[C@@H](C)NC(=O)[C@H](Cc1ccccc1)N(Cc1ccc(Br)cc1)C(=O)CN(c1ccccc1OC)S(=O)(=O)c1ccc(OC)cc1. The van der Waals surface area contributed by atoms with Gasteiger partial charge in [0.15, 0.2) is 0 Å². The first-order valence-electron chi connectivity index (χ1n) is 15.2. The Morgan fingerprint density at radius 1 is 0.830 bits per heavy atom. The topological polar surface area (TPSA) is 105 Å². The fraction of sp³-hybridized carbons (Fsp3) is 0.278. The molecule has 0 spiro atoms. The van der Waals surface area contributed by atoms with E-state index < -0.39 is 28.5 Å². The number of methoxy groups -OCH3 is 2. The number of rotatable bonds is 15. The van der Waals surface area contributed by atoms with Crippen LogP contribution in [0.5, 0.6) is 11.5 Å². The summed E-state index contributed by atoms with van der Waals surface area (Å²) >= 11 is 3.46. The van der Waals surface area contributed by atoms with Crippen molar-refractivity contribution in [1.82, 2.24) is 10.2 Å². The zero-order valence-corrected chi connectivity index (χ0v) is 29.3. The van der Waals surface area contributed by atoms with E-state index in [0.717, 1.165) is 19.9 Å². The van der Waals surface area contributed by atoms with Crippen LogP contribution >= 0.6 is 15.9 Å². The van der Waals surface area contributed by atoms with E-state index in [-0.39, 0.29) is 41.2 Å². The molecule has 0 aliphatic heterocycles. The van der Waals surface area contributed by atoms with Crippen LogP contribution in [0.25, 0.3) is 0 Å². The van der Waals surface area contributed by atoms with Crippen LogP contribution in [0.2, 0.25) is 0 Å². The zero-order valence-electron chi connectivity index (χ0n) is 26.9. The molecule has 0 heterocycles. The molecule has 4 aromatic carbocycles. The molecular weight excluding hydrogens is 682 g/mol. The van der Waals surface area contributed by atoms with Crippen LogP contribution in [0.4, 0.5) is 5.69 Å². The molecule has 47 heavy (non-hydrogen) atoms. The number of ether oxygens (including phenoxy) is 2. The average molecular weight is 723 g/mol. The zero-order chi connectivity index (χ0) is 34.0. The molecule has 0 saturated carbocycles. The van der Waals surface area contributed by atoms with Gasteiger partial charge in [0.1, 0.15) is 24.1 Å². The lowest BCUT2D eigenvalue weighted by molar-refractivity contribution is -0.140. The first-order chi connectivity index (χ1) is 22.6. The number of carbonyl (C=O) groups is 2. The smallest absolute Gasteiger partial charge is 0.264 e. The van der Waals surface area contributed by atoms with Gasteiger partial charge in [-0.3, -0.25) is 13.9 Å². The normalized spacial score (nSPS) is 12.4. The average Bonchev–Trinajstić information content (AvgIpc) is 3.09. The van der Waals surface area contributed by atoms with E-state index in [4.69, 9.17) is 9.47 Å². The number of para-hydroxylation sites is 2. The molecule has 0 aliphatic rings. The van der Waals surface area contributed by atoms with E-state index in [1.165, 1.54) is 31.3 Å². The highest BCUT2D eigenvalue weighted by molar-refractivity contribution is 9.10. The van der Waals surface area contributed by atoms with Crippen molar-refractivity contribution in [3.05, 3.63) is 119 Å².